The second kappa shape index (κ2) is 4.68. The van der Waals surface area contributed by atoms with Gasteiger partial charge in [-0.05, 0) is 19.8 Å². The molecule has 0 aliphatic heterocycles. The summed E-state index contributed by atoms with van der Waals surface area (Å²) >= 11 is 0. The normalized spacial score (nSPS) is 20.4. The molecule has 1 atom stereocenters. The maximum atomic E-state index is 12.6. The maximum absolute atomic E-state index is 12.6. The molecule has 1 aliphatic rings. The number of nitrogens with one attached hydrogen (secondary N) is 1. The average Bonchev–Trinajstić information content (AvgIpc) is 2.66. The van der Waals surface area contributed by atoms with Gasteiger partial charge in [0.25, 0.3) is 0 Å². The molecule has 17 heavy (non-hydrogen) atoms. The Balaban J connectivity index is 2.07. The molecule has 0 amide bonds. The molecule has 0 spiro atoms. The maximum Gasteiger partial charge on any atom is 0.392 e. The van der Waals surface area contributed by atoms with Gasteiger partial charge in [0.1, 0.15) is 12.4 Å². The van der Waals surface area contributed by atoms with Gasteiger partial charge in [-0.1, -0.05) is 0 Å². The summed E-state index contributed by atoms with van der Waals surface area (Å²) in [4.78, 5) is 7.19. The Morgan fingerprint density at radius 3 is 2.88 bits per heavy atom. The fourth-order valence-electron chi connectivity index (χ4n) is 2.09. The van der Waals surface area contributed by atoms with Gasteiger partial charge in [0.05, 0.1) is 11.6 Å². The summed E-state index contributed by atoms with van der Waals surface area (Å²) in [7, 11) is 0. The molecule has 1 heterocycles. The first-order valence-corrected chi connectivity index (χ1v) is 5.71. The minimum atomic E-state index is -4.11. The van der Waals surface area contributed by atoms with Crippen LogP contribution >= 0.6 is 0 Å². The van der Waals surface area contributed by atoms with E-state index in [0.29, 0.717) is 31.2 Å². The fraction of sp³-hybridized carbons (Fsp3) is 0.727. The van der Waals surface area contributed by atoms with Crippen molar-refractivity contribution in [3.8, 4) is 0 Å². The van der Waals surface area contributed by atoms with Crippen LogP contribution in [0.4, 0.5) is 13.2 Å². The Morgan fingerprint density at radius 2 is 2.24 bits per heavy atom. The highest BCUT2D eigenvalue weighted by Gasteiger charge is 2.41. The number of alkyl halides is 3. The highest BCUT2D eigenvalue weighted by Crippen LogP contribution is 2.36. The van der Waals surface area contributed by atoms with Crippen molar-refractivity contribution in [2.75, 3.05) is 6.61 Å². The van der Waals surface area contributed by atoms with Gasteiger partial charge in [-0.3, -0.25) is 0 Å². The lowest BCUT2D eigenvalue weighted by atomic mass is 9.89. The number of H-pyrrole nitrogens is 1. The van der Waals surface area contributed by atoms with Crippen molar-refractivity contribution in [3.63, 3.8) is 0 Å². The number of nitrogens with zero attached hydrogens (tertiary/aromatic N) is 1. The van der Waals surface area contributed by atoms with Gasteiger partial charge in [0, 0.05) is 18.7 Å². The van der Waals surface area contributed by atoms with E-state index in [2.05, 4.69) is 9.97 Å². The van der Waals surface area contributed by atoms with E-state index < -0.39 is 12.1 Å². The molecule has 1 aromatic rings. The van der Waals surface area contributed by atoms with Crippen molar-refractivity contribution in [2.24, 2.45) is 5.92 Å². The molecule has 0 bridgehead atoms. The predicted molar refractivity (Wildman–Crippen MR) is 55.5 cm³/mol. The Morgan fingerprint density at radius 1 is 1.47 bits per heavy atom. The number of hydrogen-bond donors (Lipinski definition) is 1. The Hall–Kier alpha value is -1.04. The van der Waals surface area contributed by atoms with Crippen LogP contribution in [0.1, 0.15) is 30.6 Å². The third kappa shape index (κ3) is 2.80. The van der Waals surface area contributed by atoms with Crippen LogP contribution in [0.5, 0.6) is 0 Å². The molecule has 1 N–H and O–H groups in total. The molecule has 0 saturated carbocycles. The Bertz CT molecular complexity index is 387. The van der Waals surface area contributed by atoms with Crippen molar-refractivity contribution >= 4 is 0 Å². The summed E-state index contributed by atoms with van der Waals surface area (Å²) in [6.07, 6.45) is -3.57. The monoisotopic (exact) mass is 248 g/mol. The number of aryl methyl sites for hydroxylation is 1. The molecular weight excluding hydrogens is 233 g/mol. The molecule has 1 aromatic heterocycles. The number of imidazole rings is 1. The summed E-state index contributed by atoms with van der Waals surface area (Å²) < 4.78 is 42.9. The fourth-order valence-corrected chi connectivity index (χ4v) is 2.09. The third-order valence-corrected chi connectivity index (χ3v) is 3.00. The lowest BCUT2D eigenvalue weighted by molar-refractivity contribution is -0.177. The van der Waals surface area contributed by atoms with Gasteiger partial charge in [0.2, 0.25) is 0 Å². The van der Waals surface area contributed by atoms with Crippen molar-refractivity contribution in [2.45, 2.75) is 39.0 Å². The Labute approximate surface area is 97.4 Å². The van der Waals surface area contributed by atoms with Gasteiger partial charge >= 0.3 is 6.18 Å². The van der Waals surface area contributed by atoms with Crippen LogP contribution in [-0.4, -0.2) is 22.8 Å². The molecule has 1 unspecified atom stereocenters. The largest absolute Gasteiger partial charge is 0.392 e. The zero-order chi connectivity index (χ0) is 12.5. The lowest BCUT2D eigenvalue weighted by Crippen LogP contribution is -2.28. The van der Waals surface area contributed by atoms with E-state index >= 15 is 0 Å². The van der Waals surface area contributed by atoms with E-state index in [1.807, 2.05) is 6.92 Å². The second-order valence-corrected chi connectivity index (χ2v) is 4.23. The lowest BCUT2D eigenvalue weighted by Gasteiger charge is -2.23. The first-order chi connectivity index (χ1) is 8.00. The summed E-state index contributed by atoms with van der Waals surface area (Å²) in [5.74, 6) is -0.616. The van der Waals surface area contributed by atoms with Crippen LogP contribution in [0.3, 0.4) is 0 Å². The minimum absolute atomic E-state index is 0.0119. The van der Waals surface area contributed by atoms with E-state index in [1.165, 1.54) is 0 Å². The van der Waals surface area contributed by atoms with Crippen LogP contribution in [0.2, 0.25) is 0 Å². The molecular formula is C11H15F3N2O. The van der Waals surface area contributed by atoms with Gasteiger partial charge in [0.15, 0.2) is 0 Å². The molecule has 0 radical (unpaired) electrons. The summed E-state index contributed by atoms with van der Waals surface area (Å²) in [6.45, 7) is 2.76. The zero-order valence-electron chi connectivity index (χ0n) is 9.60. The first-order valence-electron chi connectivity index (χ1n) is 5.71. The number of aromatic nitrogens is 2. The van der Waals surface area contributed by atoms with Crippen molar-refractivity contribution in [1.29, 1.82) is 0 Å². The van der Waals surface area contributed by atoms with Crippen LogP contribution in [-0.2, 0) is 24.2 Å². The van der Waals surface area contributed by atoms with Crippen molar-refractivity contribution in [3.05, 3.63) is 17.2 Å². The zero-order valence-corrected chi connectivity index (χ0v) is 9.60. The van der Waals surface area contributed by atoms with Gasteiger partial charge in [-0.25, -0.2) is 4.98 Å². The molecule has 96 valence electrons. The first kappa shape index (κ1) is 12.4. The summed E-state index contributed by atoms with van der Waals surface area (Å²) in [6, 6.07) is 0. The van der Waals surface area contributed by atoms with Gasteiger partial charge in [-0.2, -0.15) is 13.2 Å². The van der Waals surface area contributed by atoms with Gasteiger partial charge in [-0.15, -0.1) is 0 Å². The quantitative estimate of drug-likeness (QED) is 0.892. The number of ether oxygens (including phenoxy) is 1. The molecule has 6 heteroatoms. The molecule has 0 fully saturated rings. The highest BCUT2D eigenvalue weighted by atomic mass is 19.4. The molecule has 0 saturated heterocycles. The number of rotatable bonds is 3. The van der Waals surface area contributed by atoms with E-state index in [4.69, 9.17) is 4.74 Å². The van der Waals surface area contributed by atoms with E-state index in [1.54, 1.807) is 0 Å². The second-order valence-electron chi connectivity index (χ2n) is 4.23. The topological polar surface area (TPSA) is 37.9 Å². The predicted octanol–water partition coefficient (Wildman–Crippen LogP) is 2.61. The molecule has 3 nitrogen and oxygen atoms in total. The number of fused-ring (bicyclic) bond motifs is 1. The number of halogens is 3. The standard InChI is InChI=1S/C11H15F3N2O/c1-2-17-6-10-15-8-4-3-7(11(12,13)14)5-9(8)16-10/h7H,2-6H2,1H3,(H,15,16). The van der Waals surface area contributed by atoms with Crippen molar-refractivity contribution in [1.82, 2.24) is 9.97 Å². The Kier molecular flexibility index (Phi) is 3.42. The number of aromatic amines is 1. The van der Waals surface area contributed by atoms with E-state index in [9.17, 15) is 13.2 Å². The third-order valence-electron chi connectivity index (χ3n) is 3.00. The minimum Gasteiger partial charge on any atom is -0.374 e. The summed E-state index contributed by atoms with van der Waals surface area (Å²) in [5.41, 5.74) is 1.38. The van der Waals surface area contributed by atoms with Gasteiger partial charge < -0.3 is 9.72 Å². The molecule has 0 aromatic carbocycles. The average molecular weight is 248 g/mol. The van der Waals surface area contributed by atoms with E-state index in [-0.39, 0.29) is 12.8 Å². The summed E-state index contributed by atoms with van der Waals surface area (Å²) in [5, 5.41) is 0. The van der Waals surface area contributed by atoms with Crippen molar-refractivity contribution < 1.29 is 17.9 Å². The van der Waals surface area contributed by atoms with Crippen LogP contribution in [0, 0.1) is 5.92 Å². The van der Waals surface area contributed by atoms with E-state index in [0.717, 1.165) is 5.69 Å². The molecule has 1 aliphatic carbocycles. The van der Waals surface area contributed by atoms with Crippen LogP contribution in [0.15, 0.2) is 0 Å². The number of hydrogen-bond acceptors (Lipinski definition) is 2. The smallest absolute Gasteiger partial charge is 0.374 e. The highest BCUT2D eigenvalue weighted by molar-refractivity contribution is 5.19. The molecule has 2 rings (SSSR count). The van der Waals surface area contributed by atoms with Crippen LogP contribution < -0.4 is 0 Å². The van der Waals surface area contributed by atoms with Crippen LogP contribution in [0.25, 0.3) is 0 Å². The SMILES string of the molecule is CCOCc1nc2c([nH]1)CC(C(F)(F)F)CC2.